The average molecular weight is 186 g/mol. The number of nitriles is 1. The summed E-state index contributed by atoms with van der Waals surface area (Å²) in [4.78, 5) is 13.4. The third kappa shape index (κ3) is 2.20. The van der Waals surface area contributed by atoms with Gasteiger partial charge in [-0.3, -0.25) is 4.79 Å². The predicted octanol–water partition coefficient (Wildman–Crippen LogP) is 2.51. The predicted molar refractivity (Wildman–Crippen MR) is 55.0 cm³/mol. The number of carbonyl (C=O) groups excluding carboxylic acids is 1. The van der Waals surface area contributed by atoms with Crippen molar-refractivity contribution < 1.29 is 4.79 Å². The largest absolute Gasteiger partial charge is 0.361 e. The fourth-order valence-corrected chi connectivity index (χ4v) is 1.15. The maximum absolute atomic E-state index is 10.4. The van der Waals surface area contributed by atoms with Crippen molar-refractivity contribution in [2.75, 3.05) is 0 Å². The maximum atomic E-state index is 10.4. The van der Waals surface area contributed by atoms with Crippen molar-refractivity contribution in [3.8, 4) is 6.07 Å². The zero-order valence-corrected chi connectivity index (χ0v) is 7.82. The van der Waals surface area contributed by atoms with Crippen molar-refractivity contribution in [1.82, 2.24) is 4.98 Å². The normalized spacial score (nSPS) is 8.57. The van der Waals surface area contributed by atoms with E-state index in [0.717, 1.165) is 22.8 Å². The van der Waals surface area contributed by atoms with Crippen LogP contribution in [0, 0.1) is 11.3 Å². The fourth-order valence-electron chi connectivity index (χ4n) is 1.15. The lowest BCUT2D eigenvalue weighted by Crippen LogP contribution is -1.76. The third-order valence-corrected chi connectivity index (χ3v) is 1.71. The molecule has 1 N–H and O–H groups in total. The van der Waals surface area contributed by atoms with Gasteiger partial charge in [0.05, 0.1) is 6.07 Å². The number of benzene rings is 1. The van der Waals surface area contributed by atoms with E-state index in [9.17, 15) is 4.79 Å². The second-order valence-corrected chi connectivity index (χ2v) is 2.67. The summed E-state index contributed by atoms with van der Waals surface area (Å²) in [6.45, 7) is 1.43. The molecule has 0 aliphatic carbocycles. The Kier molecular flexibility index (Phi) is 3.45. The topological polar surface area (TPSA) is 56.6 Å². The molecule has 0 saturated carbocycles. The molecule has 0 aliphatic rings. The number of aromatic amines is 1. The SMILES string of the molecule is CC#N.O=Cc1ccc2[nH]ccc2c1. The van der Waals surface area contributed by atoms with Crippen LogP contribution in [-0.4, -0.2) is 11.3 Å². The standard InChI is InChI=1S/C9H7NO.C2H3N/c11-6-7-1-2-9-8(5-7)3-4-10-9;1-2-3/h1-6,10H;1H3. The summed E-state index contributed by atoms with van der Waals surface area (Å²) in [6, 6.07) is 9.26. The summed E-state index contributed by atoms with van der Waals surface area (Å²) < 4.78 is 0. The molecule has 0 unspecified atom stereocenters. The van der Waals surface area contributed by atoms with Crippen LogP contribution in [0.15, 0.2) is 30.5 Å². The summed E-state index contributed by atoms with van der Waals surface area (Å²) in [7, 11) is 0. The first kappa shape index (κ1) is 10.0. The Hall–Kier alpha value is -2.08. The molecule has 3 nitrogen and oxygen atoms in total. The number of aromatic nitrogens is 1. The molecular formula is C11H10N2O. The summed E-state index contributed by atoms with van der Waals surface area (Å²) in [5.74, 6) is 0. The fraction of sp³-hybridized carbons (Fsp3) is 0.0909. The van der Waals surface area contributed by atoms with Crippen LogP contribution in [0.2, 0.25) is 0 Å². The van der Waals surface area contributed by atoms with Gasteiger partial charge >= 0.3 is 0 Å². The molecule has 0 aliphatic heterocycles. The number of hydrogen-bond acceptors (Lipinski definition) is 2. The van der Waals surface area contributed by atoms with E-state index in [1.165, 1.54) is 6.92 Å². The Bertz CT molecular complexity index is 465. The van der Waals surface area contributed by atoms with Gasteiger partial charge in [0, 0.05) is 29.6 Å². The molecule has 1 aromatic heterocycles. The lowest BCUT2D eigenvalue weighted by Gasteiger charge is -1.89. The minimum atomic E-state index is 0.720. The first-order valence-corrected chi connectivity index (χ1v) is 4.15. The van der Waals surface area contributed by atoms with E-state index < -0.39 is 0 Å². The Labute approximate surface area is 82.0 Å². The summed E-state index contributed by atoms with van der Waals surface area (Å²) >= 11 is 0. The molecule has 1 heterocycles. The van der Waals surface area contributed by atoms with E-state index in [4.69, 9.17) is 5.26 Å². The van der Waals surface area contributed by atoms with Gasteiger partial charge in [0.25, 0.3) is 0 Å². The van der Waals surface area contributed by atoms with E-state index in [2.05, 4.69) is 4.98 Å². The molecular weight excluding hydrogens is 176 g/mol. The first-order chi connectivity index (χ1) is 6.81. The molecule has 0 spiro atoms. The molecule has 2 aromatic rings. The number of rotatable bonds is 1. The minimum absolute atomic E-state index is 0.720. The Morgan fingerprint density at radius 2 is 2.14 bits per heavy atom. The van der Waals surface area contributed by atoms with E-state index in [0.29, 0.717) is 0 Å². The van der Waals surface area contributed by atoms with Crippen molar-refractivity contribution in [2.24, 2.45) is 0 Å². The summed E-state index contributed by atoms with van der Waals surface area (Å²) in [6.07, 6.45) is 2.71. The van der Waals surface area contributed by atoms with Gasteiger partial charge in [-0.1, -0.05) is 0 Å². The summed E-state index contributed by atoms with van der Waals surface area (Å²) in [5, 5.41) is 8.40. The third-order valence-electron chi connectivity index (χ3n) is 1.71. The Morgan fingerprint density at radius 3 is 2.79 bits per heavy atom. The molecule has 0 saturated heterocycles. The van der Waals surface area contributed by atoms with Gasteiger partial charge in [-0.2, -0.15) is 5.26 Å². The van der Waals surface area contributed by atoms with Gasteiger partial charge in [-0.25, -0.2) is 0 Å². The molecule has 1 aromatic carbocycles. The van der Waals surface area contributed by atoms with E-state index in [-0.39, 0.29) is 0 Å². The highest BCUT2D eigenvalue weighted by Gasteiger charge is 1.93. The second-order valence-electron chi connectivity index (χ2n) is 2.67. The number of hydrogen-bond donors (Lipinski definition) is 1. The lowest BCUT2D eigenvalue weighted by molar-refractivity contribution is 0.112. The van der Waals surface area contributed by atoms with Gasteiger partial charge < -0.3 is 4.98 Å². The maximum Gasteiger partial charge on any atom is 0.150 e. The quantitative estimate of drug-likeness (QED) is 0.695. The highest BCUT2D eigenvalue weighted by atomic mass is 16.1. The molecule has 14 heavy (non-hydrogen) atoms. The van der Waals surface area contributed by atoms with Gasteiger partial charge in [0.2, 0.25) is 0 Å². The van der Waals surface area contributed by atoms with Crippen LogP contribution >= 0.6 is 0 Å². The first-order valence-electron chi connectivity index (χ1n) is 4.15. The molecule has 0 radical (unpaired) electrons. The molecule has 0 bridgehead atoms. The number of nitrogens with zero attached hydrogens (tertiary/aromatic N) is 1. The van der Waals surface area contributed by atoms with Gasteiger partial charge in [0.15, 0.2) is 0 Å². The number of aldehydes is 1. The number of H-pyrrole nitrogens is 1. The van der Waals surface area contributed by atoms with Crippen LogP contribution in [0.1, 0.15) is 17.3 Å². The van der Waals surface area contributed by atoms with E-state index in [1.54, 1.807) is 12.1 Å². The van der Waals surface area contributed by atoms with Crippen molar-refractivity contribution in [3.63, 3.8) is 0 Å². The van der Waals surface area contributed by atoms with Crippen LogP contribution in [0.4, 0.5) is 0 Å². The van der Waals surface area contributed by atoms with Gasteiger partial charge in [0.1, 0.15) is 6.29 Å². The molecule has 3 heteroatoms. The van der Waals surface area contributed by atoms with Gasteiger partial charge in [-0.15, -0.1) is 0 Å². The zero-order chi connectivity index (χ0) is 10.4. The molecule has 0 atom stereocenters. The van der Waals surface area contributed by atoms with E-state index >= 15 is 0 Å². The van der Waals surface area contributed by atoms with Crippen molar-refractivity contribution in [2.45, 2.75) is 6.92 Å². The molecule has 70 valence electrons. The van der Waals surface area contributed by atoms with Gasteiger partial charge in [-0.05, 0) is 24.3 Å². The van der Waals surface area contributed by atoms with Crippen LogP contribution in [-0.2, 0) is 0 Å². The number of carbonyl (C=O) groups is 1. The average Bonchev–Trinajstić information content (AvgIpc) is 2.65. The minimum Gasteiger partial charge on any atom is -0.361 e. The van der Waals surface area contributed by atoms with Crippen molar-refractivity contribution in [3.05, 3.63) is 36.0 Å². The number of fused-ring (bicyclic) bond motifs is 1. The zero-order valence-electron chi connectivity index (χ0n) is 7.82. The van der Waals surface area contributed by atoms with Crippen LogP contribution in [0.25, 0.3) is 10.9 Å². The monoisotopic (exact) mass is 186 g/mol. The molecule has 0 amide bonds. The molecule has 0 fully saturated rings. The smallest absolute Gasteiger partial charge is 0.150 e. The van der Waals surface area contributed by atoms with Crippen LogP contribution in [0.3, 0.4) is 0 Å². The summed E-state index contributed by atoms with van der Waals surface area (Å²) in [5.41, 5.74) is 1.78. The Morgan fingerprint density at radius 1 is 1.43 bits per heavy atom. The number of nitrogens with one attached hydrogen (secondary N) is 1. The highest BCUT2D eigenvalue weighted by Crippen LogP contribution is 2.12. The second kappa shape index (κ2) is 4.83. The van der Waals surface area contributed by atoms with Crippen LogP contribution in [0.5, 0.6) is 0 Å². The molecule has 2 rings (SSSR count). The highest BCUT2D eigenvalue weighted by molar-refractivity contribution is 5.86. The Balaban J connectivity index is 0.000000293. The van der Waals surface area contributed by atoms with Crippen LogP contribution < -0.4 is 0 Å². The van der Waals surface area contributed by atoms with Crippen molar-refractivity contribution >= 4 is 17.2 Å². The van der Waals surface area contributed by atoms with E-state index in [1.807, 2.05) is 24.4 Å². The lowest BCUT2D eigenvalue weighted by atomic mass is 10.2. The van der Waals surface area contributed by atoms with Crippen molar-refractivity contribution in [1.29, 1.82) is 5.26 Å².